The number of hydrazine groups is 1. The van der Waals surface area contributed by atoms with E-state index >= 15 is 0 Å². The molecule has 1 saturated heterocycles. The first kappa shape index (κ1) is 13.5. The summed E-state index contributed by atoms with van der Waals surface area (Å²) in [6.45, 7) is 6.08. The first-order valence-electron chi connectivity index (χ1n) is 6.81. The lowest BCUT2D eigenvalue weighted by Gasteiger charge is -2.30. The highest BCUT2D eigenvalue weighted by molar-refractivity contribution is 5.34. The molecule has 100 valence electrons. The van der Waals surface area contributed by atoms with Gasteiger partial charge in [0.1, 0.15) is 0 Å². The number of hydrogen-bond donors (Lipinski definition) is 2. The Labute approximate surface area is 110 Å². The molecule has 1 fully saturated rings. The van der Waals surface area contributed by atoms with Gasteiger partial charge in [0.15, 0.2) is 0 Å². The molecule has 1 aliphatic rings. The zero-order chi connectivity index (χ0) is 13.0. The molecule has 18 heavy (non-hydrogen) atoms. The molecule has 1 heterocycles. The van der Waals surface area contributed by atoms with Crippen LogP contribution in [0.4, 0.5) is 0 Å². The Morgan fingerprint density at radius 1 is 1.39 bits per heavy atom. The number of rotatable bonds is 4. The molecule has 2 atom stereocenters. The van der Waals surface area contributed by atoms with Crippen molar-refractivity contribution in [2.75, 3.05) is 13.2 Å². The van der Waals surface area contributed by atoms with E-state index in [1.807, 2.05) is 0 Å². The highest BCUT2D eigenvalue weighted by Gasteiger charge is 2.24. The summed E-state index contributed by atoms with van der Waals surface area (Å²) in [5, 5.41) is 0. The average molecular weight is 248 g/mol. The van der Waals surface area contributed by atoms with Crippen LogP contribution in [0.5, 0.6) is 0 Å². The summed E-state index contributed by atoms with van der Waals surface area (Å²) in [4.78, 5) is 0. The van der Waals surface area contributed by atoms with Crippen LogP contribution < -0.4 is 11.3 Å². The quantitative estimate of drug-likeness (QED) is 0.633. The van der Waals surface area contributed by atoms with Gasteiger partial charge >= 0.3 is 0 Å². The van der Waals surface area contributed by atoms with Gasteiger partial charge < -0.3 is 4.74 Å². The van der Waals surface area contributed by atoms with Crippen LogP contribution in [0.15, 0.2) is 18.2 Å². The third kappa shape index (κ3) is 3.10. The van der Waals surface area contributed by atoms with E-state index in [2.05, 4.69) is 37.5 Å². The Morgan fingerprint density at radius 3 is 2.67 bits per heavy atom. The van der Waals surface area contributed by atoms with Crippen LogP contribution >= 0.6 is 0 Å². The zero-order valence-corrected chi connectivity index (χ0v) is 11.4. The molecule has 0 radical (unpaired) electrons. The Bertz CT molecular complexity index is 366. The minimum absolute atomic E-state index is 0.310. The predicted molar refractivity (Wildman–Crippen MR) is 74.3 cm³/mol. The maximum atomic E-state index is 5.75. The lowest BCUT2D eigenvalue weighted by Crippen LogP contribution is -2.45. The average Bonchev–Trinajstić information content (AvgIpc) is 2.40. The summed E-state index contributed by atoms with van der Waals surface area (Å²) in [5.74, 6) is 6.28. The number of ether oxygens (including phenoxy) is 1. The van der Waals surface area contributed by atoms with E-state index < -0.39 is 0 Å². The van der Waals surface area contributed by atoms with Gasteiger partial charge in [-0.25, -0.2) is 0 Å². The monoisotopic (exact) mass is 248 g/mol. The predicted octanol–water partition coefficient (Wildman–Crippen LogP) is 2.10. The van der Waals surface area contributed by atoms with Crippen LogP contribution in [0.25, 0.3) is 0 Å². The van der Waals surface area contributed by atoms with Crippen LogP contribution in [-0.4, -0.2) is 19.3 Å². The molecule has 1 aliphatic heterocycles. The van der Waals surface area contributed by atoms with Gasteiger partial charge in [0.2, 0.25) is 0 Å². The molecule has 0 aliphatic carbocycles. The van der Waals surface area contributed by atoms with E-state index in [4.69, 9.17) is 10.6 Å². The first-order chi connectivity index (χ1) is 8.72. The lowest BCUT2D eigenvalue weighted by molar-refractivity contribution is 0.0393. The molecule has 1 aromatic carbocycles. The summed E-state index contributed by atoms with van der Waals surface area (Å²) in [6.07, 6.45) is 3.35. The number of benzene rings is 1. The lowest BCUT2D eigenvalue weighted by atomic mass is 9.87. The van der Waals surface area contributed by atoms with Crippen LogP contribution in [0.2, 0.25) is 0 Å². The molecule has 2 unspecified atom stereocenters. The van der Waals surface area contributed by atoms with Crippen molar-refractivity contribution in [1.82, 2.24) is 5.43 Å². The van der Waals surface area contributed by atoms with Crippen LogP contribution in [0.3, 0.4) is 0 Å². The van der Waals surface area contributed by atoms with Gasteiger partial charge in [-0.05, 0) is 55.7 Å². The molecule has 1 aromatic rings. The van der Waals surface area contributed by atoms with Crippen molar-refractivity contribution >= 4 is 0 Å². The van der Waals surface area contributed by atoms with Gasteiger partial charge in [0.25, 0.3) is 0 Å². The van der Waals surface area contributed by atoms with Crippen LogP contribution in [0, 0.1) is 19.8 Å². The van der Waals surface area contributed by atoms with E-state index in [0.717, 1.165) is 26.1 Å². The highest BCUT2D eigenvalue weighted by Crippen LogP contribution is 2.22. The summed E-state index contributed by atoms with van der Waals surface area (Å²) in [5.41, 5.74) is 7.12. The fourth-order valence-electron chi connectivity index (χ4n) is 2.84. The molecule has 0 saturated carbocycles. The van der Waals surface area contributed by atoms with Crippen LogP contribution in [0.1, 0.15) is 29.5 Å². The first-order valence-corrected chi connectivity index (χ1v) is 6.81. The number of aryl methyl sites for hydroxylation is 2. The molecule has 0 amide bonds. The topological polar surface area (TPSA) is 47.3 Å². The Kier molecular flexibility index (Phi) is 4.75. The molecular weight excluding hydrogens is 224 g/mol. The molecule has 3 heteroatoms. The second-order valence-electron chi connectivity index (χ2n) is 5.32. The Hall–Kier alpha value is -0.900. The van der Waals surface area contributed by atoms with E-state index in [9.17, 15) is 0 Å². The summed E-state index contributed by atoms with van der Waals surface area (Å²) >= 11 is 0. The second-order valence-corrected chi connectivity index (χ2v) is 5.32. The van der Waals surface area contributed by atoms with Gasteiger partial charge in [-0.1, -0.05) is 18.2 Å². The van der Waals surface area contributed by atoms with Crippen molar-refractivity contribution < 1.29 is 4.74 Å². The van der Waals surface area contributed by atoms with E-state index in [1.54, 1.807) is 0 Å². The van der Waals surface area contributed by atoms with Crippen molar-refractivity contribution in [3.8, 4) is 0 Å². The van der Waals surface area contributed by atoms with Gasteiger partial charge in [-0.15, -0.1) is 0 Å². The molecular formula is C15H24N2O. The molecule has 0 spiro atoms. The van der Waals surface area contributed by atoms with Crippen molar-refractivity contribution in [2.45, 2.75) is 39.2 Å². The zero-order valence-electron chi connectivity index (χ0n) is 11.4. The number of nitrogens with one attached hydrogen (secondary N) is 1. The van der Waals surface area contributed by atoms with Crippen molar-refractivity contribution in [3.63, 3.8) is 0 Å². The van der Waals surface area contributed by atoms with E-state index in [0.29, 0.717) is 12.0 Å². The van der Waals surface area contributed by atoms with E-state index in [-0.39, 0.29) is 0 Å². The third-order valence-electron chi connectivity index (χ3n) is 4.05. The summed E-state index contributed by atoms with van der Waals surface area (Å²) < 4.78 is 5.57. The van der Waals surface area contributed by atoms with Gasteiger partial charge in [-0.2, -0.15) is 0 Å². The molecule has 3 nitrogen and oxygen atoms in total. The summed E-state index contributed by atoms with van der Waals surface area (Å²) in [7, 11) is 0. The SMILES string of the molecule is Cc1cccc(C)c1CC(NN)C1CCCOC1. The maximum absolute atomic E-state index is 5.75. The standard InChI is InChI=1S/C15H24N2O/c1-11-5-3-6-12(2)14(11)9-15(17-16)13-7-4-8-18-10-13/h3,5-6,13,15,17H,4,7-10,16H2,1-2H3. The molecule has 3 N–H and O–H groups in total. The second kappa shape index (κ2) is 6.32. The third-order valence-corrected chi connectivity index (χ3v) is 4.05. The summed E-state index contributed by atoms with van der Waals surface area (Å²) in [6, 6.07) is 6.77. The van der Waals surface area contributed by atoms with Gasteiger partial charge in [0.05, 0.1) is 6.61 Å². The van der Waals surface area contributed by atoms with Gasteiger partial charge in [-0.3, -0.25) is 11.3 Å². The number of nitrogens with two attached hydrogens (primary N) is 1. The maximum Gasteiger partial charge on any atom is 0.0509 e. The Balaban J connectivity index is 2.09. The molecule has 0 aromatic heterocycles. The fraction of sp³-hybridized carbons (Fsp3) is 0.600. The normalized spacial score (nSPS) is 21.8. The van der Waals surface area contributed by atoms with Crippen molar-refractivity contribution in [3.05, 3.63) is 34.9 Å². The fourth-order valence-corrected chi connectivity index (χ4v) is 2.84. The van der Waals surface area contributed by atoms with Crippen molar-refractivity contribution in [2.24, 2.45) is 11.8 Å². The molecule has 2 rings (SSSR count). The van der Waals surface area contributed by atoms with Crippen LogP contribution in [-0.2, 0) is 11.2 Å². The highest BCUT2D eigenvalue weighted by atomic mass is 16.5. The smallest absolute Gasteiger partial charge is 0.0509 e. The number of hydrogen-bond acceptors (Lipinski definition) is 3. The minimum Gasteiger partial charge on any atom is -0.381 e. The van der Waals surface area contributed by atoms with Crippen molar-refractivity contribution in [1.29, 1.82) is 0 Å². The van der Waals surface area contributed by atoms with Gasteiger partial charge in [0, 0.05) is 12.6 Å². The minimum atomic E-state index is 0.310. The van der Waals surface area contributed by atoms with E-state index in [1.165, 1.54) is 23.1 Å². The largest absolute Gasteiger partial charge is 0.381 e. The molecule has 0 bridgehead atoms. The Morgan fingerprint density at radius 2 is 2.11 bits per heavy atom.